The van der Waals surface area contributed by atoms with Crippen LogP contribution in [0.5, 0.6) is 0 Å². The smallest absolute Gasteiger partial charge is 0.224 e. The van der Waals surface area contributed by atoms with Gasteiger partial charge in [0.05, 0.1) is 18.1 Å². The Labute approximate surface area is 76.0 Å². The number of amides is 1. The van der Waals surface area contributed by atoms with E-state index < -0.39 is 5.82 Å². The van der Waals surface area contributed by atoms with Crippen LogP contribution >= 0.6 is 0 Å². The van der Waals surface area contributed by atoms with E-state index in [1.54, 1.807) is 0 Å². The summed E-state index contributed by atoms with van der Waals surface area (Å²) in [6, 6.07) is 1.24. The molecular weight excluding hydrogens is 171 g/mol. The van der Waals surface area contributed by atoms with Gasteiger partial charge in [-0.2, -0.15) is 0 Å². The summed E-state index contributed by atoms with van der Waals surface area (Å²) in [5.41, 5.74) is 0.401. The molecule has 0 spiro atoms. The van der Waals surface area contributed by atoms with Crippen molar-refractivity contribution in [1.29, 1.82) is 0 Å². The van der Waals surface area contributed by atoms with Crippen LogP contribution in [-0.2, 0) is 4.79 Å². The van der Waals surface area contributed by atoms with Crippen LogP contribution in [0, 0.1) is 5.82 Å². The number of pyridine rings is 1. The van der Waals surface area contributed by atoms with Crippen molar-refractivity contribution in [3.8, 4) is 0 Å². The van der Waals surface area contributed by atoms with Crippen molar-refractivity contribution < 1.29 is 9.18 Å². The van der Waals surface area contributed by atoms with Gasteiger partial charge in [0.25, 0.3) is 0 Å². The van der Waals surface area contributed by atoms with Crippen LogP contribution in [0.2, 0.25) is 0 Å². The van der Waals surface area contributed by atoms with Crippen molar-refractivity contribution >= 4 is 11.6 Å². The molecule has 0 fully saturated rings. The van der Waals surface area contributed by atoms with Crippen LogP contribution in [0.15, 0.2) is 18.5 Å². The lowest BCUT2D eigenvalue weighted by Crippen LogP contribution is -2.10. The van der Waals surface area contributed by atoms with Gasteiger partial charge in [-0.15, -0.1) is 0 Å². The molecule has 1 amide bonds. The second-order valence-electron chi connectivity index (χ2n) is 2.69. The Balaban J connectivity index is 2.58. The molecule has 0 radical (unpaired) electrons. The Morgan fingerprint density at radius 2 is 2.38 bits per heavy atom. The highest BCUT2D eigenvalue weighted by molar-refractivity contribution is 5.90. The highest BCUT2D eigenvalue weighted by atomic mass is 19.1. The van der Waals surface area contributed by atoms with Crippen molar-refractivity contribution in [2.75, 3.05) is 5.32 Å². The molecule has 0 aliphatic carbocycles. The molecule has 1 N–H and O–H groups in total. The average Bonchev–Trinajstić information content (AvgIpc) is 2.04. The standard InChI is InChI=1S/C9H11FN2O/c1-2-3-9(13)12-8-4-7(10)5-11-6-8/h4-6H,2-3H2,1H3,(H,12,13). The number of nitrogens with zero attached hydrogens (tertiary/aromatic N) is 1. The van der Waals surface area contributed by atoms with Crippen LogP contribution in [-0.4, -0.2) is 10.9 Å². The lowest BCUT2D eigenvalue weighted by molar-refractivity contribution is -0.116. The van der Waals surface area contributed by atoms with Gasteiger partial charge in [0, 0.05) is 12.5 Å². The largest absolute Gasteiger partial charge is 0.325 e. The summed E-state index contributed by atoms with van der Waals surface area (Å²) in [6.07, 6.45) is 3.72. The number of carbonyl (C=O) groups excluding carboxylic acids is 1. The van der Waals surface area contributed by atoms with E-state index in [-0.39, 0.29) is 5.91 Å². The van der Waals surface area contributed by atoms with E-state index in [4.69, 9.17) is 0 Å². The molecule has 4 heteroatoms. The summed E-state index contributed by atoms with van der Waals surface area (Å²) in [5, 5.41) is 2.54. The van der Waals surface area contributed by atoms with Gasteiger partial charge in [0.2, 0.25) is 5.91 Å². The van der Waals surface area contributed by atoms with Gasteiger partial charge in [-0.05, 0) is 6.42 Å². The Kier molecular flexibility index (Phi) is 3.37. The van der Waals surface area contributed by atoms with Crippen LogP contribution in [0.1, 0.15) is 19.8 Å². The van der Waals surface area contributed by atoms with Gasteiger partial charge in [-0.3, -0.25) is 9.78 Å². The number of halogens is 1. The zero-order valence-electron chi connectivity index (χ0n) is 7.38. The van der Waals surface area contributed by atoms with Gasteiger partial charge in [0.1, 0.15) is 5.82 Å². The summed E-state index contributed by atoms with van der Waals surface area (Å²) in [7, 11) is 0. The van der Waals surface area contributed by atoms with E-state index in [9.17, 15) is 9.18 Å². The molecular formula is C9H11FN2O. The van der Waals surface area contributed by atoms with Gasteiger partial charge in [0.15, 0.2) is 0 Å². The topological polar surface area (TPSA) is 42.0 Å². The van der Waals surface area contributed by atoms with Crippen molar-refractivity contribution in [1.82, 2.24) is 4.98 Å². The third-order valence-corrected chi connectivity index (χ3v) is 1.47. The monoisotopic (exact) mass is 182 g/mol. The fourth-order valence-electron chi connectivity index (χ4n) is 0.931. The van der Waals surface area contributed by atoms with Crippen LogP contribution in [0.3, 0.4) is 0 Å². The van der Waals surface area contributed by atoms with Gasteiger partial charge < -0.3 is 5.32 Å². The molecule has 0 aliphatic rings. The van der Waals surface area contributed by atoms with E-state index >= 15 is 0 Å². The molecule has 0 saturated carbocycles. The molecule has 0 aromatic carbocycles. The summed E-state index contributed by atoms with van der Waals surface area (Å²) < 4.78 is 12.6. The maximum Gasteiger partial charge on any atom is 0.224 e. The maximum absolute atomic E-state index is 12.6. The van der Waals surface area contributed by atoms with Crippen LogP contribution in [0.4, 0.5) is 10.1 Å². The summed E-state index contributed by atoms with van der Waals surface area (Å²) in [4.78, 5) is 14.7. The first kappa shape index (κ1) is 9.64. The lowest BCUT2D eigenvalue weighted by Gasteiger charge is -2.02. The first-order valence-electron chi connectivity index (χ1n) is 4.12. The van der Waals surface area contributed by atoms with Crippen molar-refractivity contribution in [2.45, 2.75) is 19.8 Å². The minimum atomic E-state index is -0.450. The number of carbonyl (C=O) groups is 1. The fraction of sp³-hybridized carbons (Fsp3) is 0.333. The molecule has 1 heterocycles. The summed E-state index contributed by atoms with van der Waals surface area (Å²) in [6.45, 7) is 1.91. The zero-order valence-corrected chi connectivity index (χ0v) is 7.38. The number of aromatic nitrogens is 1. The summed E-state index contributed by atoms with van der Waals surface area (Å²) in [5.74, 6) is -0.566. The molecule has 0 bridgehead atoms. The number of nitrogens with one attached hydrogen (secondary N) is 1. The Morgan fingerprint density at radius 1 is 1.62 bits per heavy atom. The number of anilines is 1. The Bertz CT molecular complexity index is 301. The normalized spacial score (nSPS) is 9.69. The first-order chi connectivity index (χ1) is 6.22. The van der Waals surface area contributed by atoms with Gasteiger partial charge in [-0.25, -0.2) is 4.39 Å². The number of hydrogen-bond donors (Lipinski definition) is 1. The van der Waals surface area contributed by atoms with E-state index in [0.29, 0.717) is 12.1 Å². The highest BCUT2D eigenvalue weighted by Crippen LogP contribution is 2.07. The second kappa shape index (κ2) is 4.54. The minimum Gasteiger partial charge on any atom is -0.325 e. The Morgan fingerprint density at radius 3 is 3.00 bits per heavy atom. The molecule has 1 rings (SSSR count). The molecule has 1 aromatic heterocycles. The predicted octanol–water partition coefficient (Wildman–Crippen LogP) is 1.96. The molecule has 0 unspecified atom stereocenters. The van der Waals surface area contributed by atoms with Crippen molar-refractivity contribution in [3.05, 3.63) is 24.3 Å². The molecule has 13 heavy (non-hydrogen) atoms. The van der Waals surface area contributed by atoms with Gasteiger partial charge >= 0.3 is 0 Å². The maximum atomic E-state index is 12.6. The molecule has 0 saturated heterocycles. The number of rotatable bonds is 3. The highest BCUT2D eigenvalue weighted by Gasteiger charge is 2.01. The minimum absolute atomic E-state index is 0.116. The second-order valence-corrected chi connectivity index (χ2v) is 2.69. The fourth-order valence-corrected chi connectivity index (χ4v) is 0.931. The van der Waals surface area contributed by atoms with Crippen LogP contribution < -0.4 is 5.32 Å². The zero-order chi connectivity index (χ0) is 9.68. The third-order valence-electron chi connectivity index (χ3n) is 1.47. The molecule has 0 aliphatic heterocycles. The van der Waals surface area contributed by atoms with Gasteiger partial charge in [-0.1, -0.05) is 6.92 Å². The van der Waals surface area contributed by atoms with E-state index in [1.807, 2.05) is 6.92 Å². The molecule has 70 valence electrons. The SMILES string of the molecule is CCCC(=O)Nc1cncc(F)c1. The molecule has 1 aromatic rings. The quantitative estimate of drug-likeness (QED) is 0.776. The third kappa shape index (κ3) is 3.19. The Hall–Kier alpha value is -1.45. The molecule has 3 nitrogen and oxygen atoms in total. The van der Waals surface area contributed by atoms with Crippen LogP contribution in [0.25, 0.3) is 0 Å². The van der Waals surface area contributed by atoms with E-state index in [2.05, 4.69) is 10.3 Å². The lowest BCUT2D eigenvalue weighted by atomic mass is 10.3. The van der Waals surface area contributed by atoms with Crippen molar-refractivity contribution in [3.63, 3.8) is 0 Å². The van der Waals surface area contributed by atoms with E-state index in [1.165, 1.54) is 12.3 Å². The predicted molar refractivity (Wildman–Crippen MR) is 47.7 cm³/mol. The van der Waals surface area contributed by atoms with E-state index in [0.717, 1.165) is 12.6 Å². The molecule has 0 atom stereocenters. The number of hydrogen-bond acceptors (Lipinski definition) is 2. The summed E-state index contributed by atoms with van der Waals surface area (Å²) >= 11 is 0. The first-order valence-corrected chi connectivity index (χ1v) is 4.12. The van der Waals surface area contributed by atoms with Crippen molar-refractivity contribution in [2.24, 2.45) is 0 Å². The average molecular weight is 182 g/mol.